The molecule has 2 aromatic heterocycles. The molecule has 0 aliphatic rings. The highest BCUT2D eigenvalue weighted by molar-refractivity contribution is 7.20. The van der Waals surface area contributed by atoms with Crippen molar-refractivity contribution in [3.8, 4) is 22.9 Å². The second kappa shape index (κ2) is 7.28. The number of hydrogen-bond donors (Lipinski definition) is 1. The number of ether oxygens (including phenoxy) is 2. The van der Waals surface area contributed by atoms with Crippen LogP contribution >= 0.6 is 11.3 Å². The number of amides is 1. The van der Waals surface area contributed by atoms with Crippen molar-refractivity contribution in [1.82, 2.24) is 19.8 Å². The van der Waals surface area contributed by atoms with Gasteiger partial charge in [-0.1, -0.05) is 29.5 Å². The van der Waals surface area contributed by atoms with E-state index in [0.29, 0.717) is 33.0 Å². The van der Waals surface area contributed by atoms with Crippen molar-refractivity contribution in [3.63, 3.8) is 0 Å². The maximum Gasteiger partial charge on any atom is 0.257 e. The fourth-order valence-electron chi connectivity index (χ4n) is 2.81. The number of nitrogens with one attached hydrogen (secondary N) is 1. The van der Waals surface area contributed by atoms with E-state index in [1.54, 1.807) is 36.9 Å². The Morgan fingerprint density at radius 2 is 1.86 bits per heavy atom. The Morgan fingerprint density at radius 3 is 2.61 bits per heavy atom. The molecule has 2 aromatic carbocycles. The largest absolute Gasteiger partial charge is 0.493 e. The molecule has 0 atom stereocenters. The maximum absolute atomic E-state index is 12.5. The van der Waals surface area contributed by atoms with E-state index >= 15 is 0 Å². The summed E-state index contributed by atoms with van der Waals surface area (Å²) in [6, 6.07) is 12.8. The summed E-state index contributed by atoms with van der Waals surface area (Å²) < 4.78 is 12.2. The van der Waals surface area contributed by atoms with Crippen LogP contribution < -0.4 is 14.8 Å². The molecular formula is C19H17N5O3S. The van der Waals surface area contributed by atoms with Crippen LogP contribution in [0.4, 0.5) is 5.13 Å². The second-order valence-electron chi connectivity index (χ2n) is 5.96. The van der Waals surface area contributed by atoms with Gasteiger partial charge in [-0.2, -0.15) is 4.52 Å². The lowest BCUT2D eigenvalue weighted by Gasteiger charge is -2.08. The van der Waals surface area contributed by atoms with Crippen LogP contribution in [0.15, 0.2) is 42.5 Å². The Morgan fingerprint density at radius 1 is 1.07 bits per heavy atom. The summed E-state index contributed by atoms with van der Waals surface area (Å²) in [6.45, 7) is 1.89. The first-order valence-corrected chi connectivity index (χ1v) is 9.24. The number of benzene rings is 2. The van der Waals surface area contributed by atoms with Gasteiger partial charge in [-0.05, 0) is 36.8 Å². The van der Waals surface area contributed by atoms with Gasteiger partial charge in [-0.15, -0.1) is 15.3 Å². The van der Waals surface area contributed by atoms with Crippen molar-refractivity contribution >= 4 is 27.3 Å². The van der Waals surface area contributed by atoms with Crippen molar-refractivity contribution in [3.05, 3.63) is 53.6 Å². The first-order chi connectivity index (χ1) is 13.6. The third kappa shape index (κ3) is 3.16. The second-order valence-corrected chi connectivity index (χ2v) is 6.92. The molecule has 142 valence electrons. The zero-order valence-electron chi connectivity index (χ0n) is 15.5. The molecule has 0 fully saturated rings. The number of aryl methyl sites for hydroxylation is 1. The molecular weight excluding hydrogens is 378 g/mol. The third-order valence-corrected chi connectivity index (χ3v) is 5.06. The summed E-state index contributed by atoms with van der Waals surface area (Å²) in [5, 5.41) is 16.1. The van der Waals surface area contributed by atoms with Gasteiger partial charge in [0.25, 0.3) is 5.91 Å². The van der Waals surface area contributed by atoms with E-state index in [1.807, 2.05) is 31.2 Å². The van der Waals surface area contributed by atoms with Gasteiger partial charge in [-0.3, -0.25) is 10.1 Å². The van der Waals surface area contributed by atoms with Gasteiger partial charge in [0.2, 0.25) is 10.1 Å². The average molecular weight is 395 g/mol. The van der Waals surface area contributed by atoms with Crippen molar-refractivity contribution in [2.24, 2.45) is 0 Å². The van der Waals surface area contributed by atoms with E-state index in [9.17, 15) is 4.79 Å². The van der Waals surface area contributed by atoms with Crippen LogP contribution in [0.1, 0.15) is 15.9 Å². The van der Waals surface area contributed by atoms with Crippen molar-refractivity contribution in [2.45, 2.75) is 6.92 Å². The molecule has 4 rings (SSSR count). The standard InChI is InChI=1S/C19H17N5O3S/c1-11-6-4-5-7-13(11)17(25)20-18-23-24-16(21-22-19(24)28-18)12-8-9-14(26-2)15(10-12)27-3/h4-10H,1-3H3,(H,20,23,25). The minimum Gasteiger partial charge on any atom is -0.493 e. The fraction of sp³-hybridized carbons (Fsp3) is 0.158. The molecule has 2 heterocycles. The SMILES string of the molecule is COc1ccc(-c2nnc3sc(NC(=O)c4ccccc4C)nn23)cc1OC. The summed E-state index contributed by atoms with van der Waals surface area (Å²) in [5.41, 5.74) is 2.27. The van der Waals surface area contributed by atoms with Gasteiger partial charge in [0.05, 0.1) is 14.2 Å². The van der Waals surface area contributed by atoms with Crippen molar-refractivity contribution < 1.29 is 14.3 Å². The van der Waals surface area contributed by atoms with E-state index in [4.69, 9.17) is 9.47 Å². The van der Waals surface area contributed by atoms with Crippen LogP contribution in [-0.4, -0.2) is 39.9 Å². The maximum atomic E-state index is 12.5. The smallest absolute Gasteiger partial charge is 0.257 e. The number of hydrogen-bond acceptors (Lipinski definition) is 7. The number of aromatic nitrogens is 4. The molecule has 1 N–H and O–H groups in total. The van der Waals surface area contributed by atoms with E-state index < -0.39 is 0 Å². The molecule has 1 amide bonds. The molecule has 8 nitrogen and oxygen atoms in total. The normalized spacial score (nSPS) is 10.8. The lowest BCUT2D eigenvalue weighted by molar-refractivity contribution is 0.102. The Bertz CT molecular complexity index is 1170. The first-order valence-electron chi connectivity index (χ1n) is 8.42. The number of nitrogens with zero attached hydrogens (tertiary/aromatic N) is 4. The summed E-state index contributed by atoms with van der Waals surface area (Å²) in [7, 11) is 3.15. The molecule has 0 aliphatic carbocycles. The number of fused-ring (bicyclic) bond motifs is 1. The summed E-state index contributed by atoms with van der Waals surface area (Å²) in [6.07, 6.45) is 0. The Kier molecular flexibility index (Phi) is 4.66. The minimum absolute atomic E-state index is 0.212. The lowest BCUT2D eigenvalue weighted by Crippen LogP contribution is -2.13. The average Bonchev–Trinajstić information content (AvgIpc) is 3.27. The van der Waals surface area contributed by atoms with Crippen LogP contribution in [0.25, 0.3) is 16.3 Å². The zero-order chi connectivity index (χ0) is 19.7. The molecule has 0 unspecified atom stereocenters. The van der Waals surface area contributed by atoms with Gasteiger partial charge in [0.1, 0.15) is 0 Å². The van der Waals surface area contributed by atoms with Gasteiger partial charge >= 0.3 is 0 Å². The third-order valence-electron chi connectivity index (χ3n) is 4.24. The zero-order valence-corrected chi connectivity index (χ0v) is 16.3. The van der Waals surface area contributed by atoms with E-state index in [-0.39, 0.29) is 5.91 Å². The molecule has 0 bridgehead atoms. The first kappa shape index (κ1) is 17.9. The van der Waals surface area contributed by atoms with Gasteiger partial charge < -0.3 is 9.47 Å². The number of carbonyl (C=O) groups is 1. The Hall–Kier alpha value is -3.46. The van der Waals surface area contributed by atoms with Crippen LogP contribution in [0.2, 0.25) is 0 Å². The fourth-order valence-corrected chi connectivity index (χ4v) is 3.55. The number of methoxy groups -OCH3 is 2. The summed E-state index contributed by atoms with van der Waals surface area (Å²) in [4.78, 5) is 13.1. The molecule has 0 saturated heterocycles. The highest BCUT2D eigenvalue weighted by Crippen LogP contribution is 2.32. The lowest BCUT2D eigenvalue weighted by atomic mass is 10.1. The minimum atomic E-state index is -0.212. The summed E-state index contributed by atoms with van der Waals surface area (Å²) >= 11 is 1.25. The molecule has 0 saturated carbocycles. The van der Waals surface area contributed by atoms with Gasteiger partial charge in [-0.25, -0.2) is 0 Å². The highest BCUT2D eigenvalue weighted by Gasteiger charge is 2.17. The van der Waals surface area contributed by atoms with Gasteiger partial charge in [0, 0.05) is 11.1 Å². The predicted octanol–water partition coefficient (Wildman–Crippen LogP) is 3.43. The van der Waals surface area contributed by atoms with Crippen LogP contribution in [0.3, 0.4) is 0 Å². The monoisotopic (exact) mass is 395 g/mol. The molecule has 0 spiro atoms. The number of anilines is 1. The predicted molar refractivity (Wildman–Crippen MR) is 106 cm³/mol. The van der Waals surface area contributed by atoms with Gasteiger partial charge in [0.15, 0.2) is 17.3 Å². The molecule has 0 radical (unpaired) electrons. The highest BCUT2D eigenvalue weighted by atomic mass is 32.1. The van der Waals surface area contributed by atoms with Crippen molar-refractivity contribution in [1.29, 1.82) is 0 Å². The molecule has 0 aliphatic heterocycles. The molecule has 4 aromatic rings. The van der Waals surface area contributed by atoms with E-state index in [1.165, 1.54) is 11.3 Å². The van der Waals surface area contributed by atoms with E-state index in [2.05, 4.69) is 20.6 Å². The molecule has 28 heavy (non-hydrogen) atoms. The van der Waals surface area contributed by atoms with Crippen LogP contribution in [0, 0.1) is 6.92 Å². The Labute approximate surface area is 164 Å². The summed E-state index contributed by atoms with van der Waals surface area (Å²) in [5.74, 6) is 1.54. The van der Waals surface area contributed by atoms with Crippen molar-refractivity contribution in [2.75, 3.05) is 19.5 Å². The van der Waals surface area contributed by atoms with E-state index in [0.717, 1.165) is 11.1 Å². The molecule has 9 heteroatoms. The number of rotatable bonds is 5. The van der Waals surface area contributed by atoms with Crippen LogP contribution in [-0.2, 0) is 0 Å². The Balaban J connectivity index is 1.66. The number of carbonyl (C=O) groups excluding carboxylic acids is 1. The van der Waals surface area contributed by atoms with Crippen LogP contribution in [0.5, 0.6) is 11.5 Å². The quantitative estimate of drug-likeness (QED) is 0.557. The topological polar surface area (TPSA) is 90.6 Å².